The number of aromatic nitrogens is 2. The van der Waals surface area contributed by atoms with Gasteiger partial charge >= 0.3 is 0 Å². The van der Waals surface area contributed by atoms with E-state index in [0.717, 1.165) is 38.5 Å². The van der Waals surface area contributed by atoms with Gasteiger partial charge in [0, 0.05) is 28.4 Å². The predicted molar refractivity (Wildman–Crippen MR) is 81.1 cm³/mol. The maximum absolute atomic E-state index is 5.27. The number of ether oxygens (including phenoxy) is 1. The molecule has 0 aliphatic heterocycles. The lowest BCUT2D eigenvalue weighted by molar-refractivity contribution is 0.415. The van der Waals surface area contributed by atoms with E-state index in [0.29, 0.717) is 0 Å². The zero-order valence-electron chi connectivity index (χ0n) is 11.0. The van der Waals surface area contributed by atoms with Crippen molar-refractivity contribution in [2.24, 2.45) is 0 Å². The number of hydrogen-bond acceptors (Lipinski definition) is 3. The van der Waals surface area contributed by atoms with E-state index in [1.165, 1.54) is 0 Å². The summed E-state index contributed by atoms with van der Waals surface area (Å²) >= 11 is 0. The van der Waals surface area contributed by atoms with Gasteiger partial charge in [0.25, 0.3) is 0 Å². The van der Waals surface area contributed by atoms with E-state index >= 15 is 0 Å². The zero-order valence-corrected chi connectivity index (χ0v) is 11.0. The molecule has 0 aliphatic carbocycles. The first-order valence-corrected chi connectivity index (χ1v) is 6.47. The van der Waals surface area contributed by atoms with Crippen LogP contribution in [0, 0.1) is 0 Å². The summed E-state index contributed by atoms with van der Waals surface area (Å²) < 4.78 is 5.27. The fourth-order valence-corrected chi connectivity index (χ4v) is 2.53. The van der Waals surface area contributed by atoms with Crippen molar-refractivity contribution in [2.75, 3.05) is 7.11 Å². The second kappa shape index (κ2) is 4.17. The summed E-state index contributed by atoms with van der Waals surface area (Å²) in [5, 5.41) is 3.23. The van der Waals surface area contributed by atoms with Crippen molar-refractivity contribution in [1.82, 2.24) is 9.97 Å². The maximum atomic E-state index is 5.27. The Morgan fingerprint density at radius 1 is 0.900 bits per heavy atom. The zero-order chi connectivity index (χ0) is 13.5. The summed E-state index contributed by atoms with van der Waals surface area (Å²) in [5.41, 5.74) is 2.89. The van der Waals surface area contributed by atoms with Gasteiger partial charge in [0.1, 0.15) is 5.75 Å². The highest BCUT2D eigenvalue weighted by atomic mass is 16.5. The number of nitrogens with zero attached hydrogens (tertiary/aromatic N) is 2. The van der Waals surface area contributed by atoms with Crippen LogP contribution in [0.25, 0.3) is 32.7 Å². The van der Waals surface area contributed by atoms with Gasteiger partial charge in [0.05, 0.1) is 23.7 Å². The van der Waals surface area contributed by atoms with E-state index in [9.17, 15) is 0 Å². The minimum atomic E-state index is 0.822. The molecule has 96 valence electrons. The monoisotopic (exact) mass is 260 g/mol. The topological polar surface area (TPSA) is 35.0 Å². The minimum Gasteiger partial charge on any atom is -0.497 e. The number of rotatable bonds is 1. The molecule has 0 saturated carbocycles. The molecule has 0 unspecified atom stereocenters. The van der Waals surface area contributed by atoms with E-state index in [1.54, 1.807) is 7.11 Å². The average molecular weight is 260 g/mol. The van der Waals surface area contributed by atoms with Crippen molar-refractivity contribution in [3.8, 4) is 5.75 Å². The molecule has 3 heteroatoms. The molecular weight excluding hydrogens is 248 g/mol. The van der Waals surface area contributed by atoms with Crippen LogP contribution in [0.4, 0.5) is 0 Å². The Balaban J connectivity index is 2.16. The smallest absolute Gasteiger partial charge is 0.121 e. The number of para-hydroxylation sites is 1. The first-order chi connectivity index (χ1) is 9.85. The van der Waals surface area contributed by atoms with E-state index < -0.39 is 0 Å². The van der Waals surface area contributed by atoms with Crippen molar-refractivity contribution in [2.45, 2.75) is 0 Å². The lowest BCUT2D eigenvalue weighted by atomic mass is 10.1. The van der Waals surface area contributed by atoms with Crippen molar-refractivity contribution in [3.63, 3.8) is 0 Å². The summed E-state index contributed by atoms with van der Waals surface area (Å²) in [5.74, 6) is 0.822. The molecule has 0 bridgehead atoms. The number of pyridine rings is 2. The van der Waals surface area contributed by atoms with Crippen LogP contribution in [0.3, 0.4) is 0 Å². The lowest BCUT2D eigenvalue weighted by Crippen LogP contribution is -1.88. The van der Waals surface area contributed by atoms with Crippen LogP contribution in [0.5, 0.6) is 5.75 Å². The van der Waals surface area contributed by atoms with Crippen LogP contribution in [-0.4, -0.2) is 17.1 Å². The van der Waals surface area contributed by atoms with Crippen molar-refractivity contribution < 1.29 is 4.74 Å². The molecule has 0 amide bonds. The Labute approximate surface area is 115 Å². The Bertz CT molecular complexity index is 947. The fourth-order valence-electron chi connectivity index (χ4n) is 2.53. The van der Waals surface area contributed by atoms with Gasteiger partial charge in [-0.15, -0.1) is 0 Å². The molecule has 4 aromatic rings. The average Bonchev–Trinajstić information content (AvgIpc) is 2.52. The molecule has 0 aliphatic rings. The van der Waals surface area contributed by atoms with Crippen molar-refractivity contribution in [1.29, 1.82) is 0 Å². The predicted octanol–water partition coefficient (Wildman–Crippen LogP) is 3.94. The molecule has 2 aromatic carbocycles. The highest BCUT2D eigenvalue weighted by molar-refractivity contribution is 6.06. The Morgan fingerprint density at radius 2 is 1.80 bits per heavy atom. The third-order valence-corrected chi connectivity index (χ3v) is 3.56. The van der Waals surface area contributed by atoms with Gasteiger partial charge in [-0.3, -0.25) is 4.98 Å². The minimum absolute atomic E-state index is 0.822. The van der Waals surface area contributed by atoms with Gasteiger partial charge in [-0.2, -0.15) is 0 Å². The normalized spacial score (nSPS) is 11.2. The van der Waals surface area contributed by atoms with Crippen LogP contribution >= 0.6 is 0 Å². The van der Waals surface area contributed by atoms with Crippen LogP contribution in [0.2, 0.25) is 0 Å². The van der Waals surface area contributed by atoms with Gasteiger partial charge in [0.15, 0.2) is 0 Å². The number of benzene rings is 2. The Kier molecular flexibility index (Phi) is 2.33. The largest absolute Gasteiger partial charge is 0.497 e. The van der Waals surface area contributed by atoms with Gasteiger partial charge in [-0.25, -0.2) is 4.98 Å². The molecule has 0 radical (unpaired) electrons. The van der Waals surface area contributed by atoms with Crippen molar-refractivity contribution in [3.05, 3.63) is 54.7 Å². The molecule has 0 fully saturated rings. The maximum Gasteiger partial charge on any atom is 0.121 e. The van der Waals surface area contributed by atoms with Crippen LogP contribution < -0.4 is 4.74 Å². The molecule has 0 saturated heterocycles. The highest BCUT2D eigenvalue weighted by Crippen LogP contribution is 2.27. The molecule has 0 N–H and O–H groups in total. The summed E-state index contributed by atoms with van der Waals surface area (Å²) in [7, 11) is 1.67. The number of hydrogen-bond donors (Lipinski definition) is 0. The summed E-state index contributed by atoms with van der Waals surface area (Å²) in [6, 6.07) is 16.1. The van der Waals surface area contributed by atoms with Gasteiger partial charge < -0.3 is 4.74 Å². The molecule has 0 spiro atoms. The summed E-state index contributed by atoms with van der Waals surface area (Å²) in [6.45, 7) is 0. The standard InChI is InChI=1S/C17H12N2O/c1-20-13-7-6-11-8-12-10-18-15-5-3-2-4-14(15)17(12)19-16(11)9-13/h2-10H,1H3. The molecule has 0 atom stereocenters. The van der Waals surface area contributed by atoms with Gasteiger partial charge in [-0.1, -0.05) is 18.2 Å². The Hall–Kier alpha value is -2.68. The molecule has 2 aromatic heterocycles. The molecular formula is C17H12N2O. The van der Waals surface area contributed by atoms with Crippen LogP contribution in [-0.2, 0) is 0 Å². The third-order valence-electron chi connectivity index (χ3n) is 3.56. The second-order valence-corrected chi connectivity index (χ2v) is 4.76. The van der Waals surface area contributed by atoms with E-state index in [1.807, 2.05) is 42.6 Å². The molecule has 20 heavy (non-hydrogen) atoms. The van der Waals surface area contributed by atoms with E-state index in [-0.39, 0.29) is 0 Å². The number of methoxy groups -OCH3 is 1. The summed E-state index contributed by atoms with van der Waals surface area (Å²) in [6.07, 6.45) is 1.88. The molecule has 3 nitrogen and oxygen atoms in total. The highest BCUT2D eigenvalue weighted by Gasteiger charge is 2.05. The fraction of sp³-hybridized carbons (Fsp3) is 0.0588. The van der Waals surface area contributed by atoms with E-state index in [2.05, 4.69) is 17.1 Å². The first-order valence-electron chi connectivity index (χ1n) is 6.47. The van der Waals surface area contributed by atoms with Crippen LogP contribution in [0.15, 0.2) is 54.7 Å². The SMILES string of the molecule is COc1ccc2cc3cnc4ccccc4c3nc2c1. The number of fused-ring (bicyclic) bond motifs is 4. The van der Waals surface area contributed by atoms with Crippen LogP contribution in [0.1, 0.15) is 0 Å². The van der Waals surface area contributed by atoms with Gasteiger partial charge in [0.2, 0.25) is 0 Å². The van der Waals surface area contributed by atoms with E-state index in [4.69, 9.17) is 9.72 Å². The lowest BCUT2D eigenvalue weighted by Gasteiger charge is -2.06. The van der Waals surface area contributed by atoms with Crippen molar-refractivity contribution >= 4 is 32.7 Å². The molecule has 2 heterocycles. The van der Waals surface area contributed by atoms with Gasteiger partial charge in [-0.05, 0) is 24.3 Å². The third kappa shape index (κ3) is 1.60. The molecule has 4 rings (SSSR count). The second-order valence-electron chi connectivity index (χ2n) is 4.76. The first kappa shape index (κ1) is 11.2. The summed E-state index contributed by atoms with van der Waals surface area (Å²) in [4.78, 5) is 9.28. The quantitative estimate of drug-likeness (QED) is 0.384. The Morgan fingerprint density at radius 3 is 2.70 bits per heavy atom.